The van der Waals surface area contributed by atoms with E-state index in [-0.39, 0.29) is 22.8 Å². The van der Waals surface area contributed by atoms with Gasteiger partial charge in [0.2, 0.25) is 0 Å². The van der Waals surface area contributed by atoms with Gasteiger partial charge in [0.1, 0.15) is 0 Å². The molecule has 0 unspecified atom stereocenters. The Labute approximate surface area is 149 Å². The number of carbonyl (C=O) groups excluding carboxylic acids is 1. The van der Waals surface area contributed by atoms with Gasteiger partial charge in [0, 0.05) is 5.56 Å². The van der Waals surface area contributed by atoms with Crippen molar-refractivity contribution < 1.29 is 33.3 Å². The quantitative estimate of drug-likeness (QED) is 0.575. The van der Waals surface area contributed by atoms with Crippen LogP contribution in [-0.4, -0.2) is 37.7 Å². The van der Waals surface area contributed by atoms with Crippen LogP contribution >= 0.6 is 0 Å². The summed E-state index contributed by atoms with van der Waals surface area (Å²) in [5.41, 5.74) is 0.819. The molecule has 0 aliphatic rings. The number of aliphatic carboxylic acids is 1. The van der Waals surface area contributed by atoms with Crippen LogP contribution in [0.4, 0.5) is 4.39 Å². The number of rotatable bonds is 8. The molecule has 0 fully saturated rings. The van der Waals surface area contributed by atoms with E-state index in [4.69, 9.17) is 19.3 Å². The number of carbonyl (C=O) groups is 2. The van der Waals surface area contributed by atoms with Crippen molar-refractivity contribution in [3.05, 3.63) is 59.4 Å². The number of hydrogen-bond acceptors (Lipinski definition) is 5. The minimum atomic E-state index is -1.10. The first-order chi connectivity index (χ1) is 12.4. The summed E-state index contributed by atoms with van der Waals surface area (Å²) in [5.74, 6) is -1.43. The average molecular weight is 360 g/mol. The second-order valence-corrected chi connectivity index (χ2v) is 5.14. The summed E-state index contributed by atoms with van der Waals surface area (Å²) in [6.07, 6.45) is 2.84. The lowest BCUT2D eigenvalue weighted by molar-refractivity contribution is -0.139. The van der Waals surface area contributed by atoms with Crippen LogP contribution in [0.15, 0.2) is 42.5 Å². The molecule has 0 spiro atoms. The van der Waals surface area contributed by atoms with Gasteiger partial charge in [0.25, 0.3) is 0 Å². The molecule has 0 saturated carbocycles. The van der Waals surface area contributed by atoms with Crippen LogP contribution in [0.3, 0.4) is 0 Å². The molecule has 136 valence electrons. The smallest absolute Gasteiger partial charge is 0.341 e. The van der Waals surface area contributed by atoms with E-state index in [0.29, 0.717) is 11.3 Å². The Hall–Kier alpha value is -3.35. The number of ketones is 1. The molecule has 6 nitrogen and oxygen atoms in total. The van der Waals surface area contributed by atoms with Gasteiger partial charge in [0.15, 0.2) is 35.5 Å². The van der Waals surface area contributed by atoms with Crippen LogP contribution in [0.1, 0.15) is 15.9 Å². The number of carboxylic acids is 1. The summed E-state index contributed by atoms with van der Waals surface area (Å²) in [4.78, 5) is 22.7. The van der Waals surface area contributed by atoms with E-state index in [1.165, 1.54) is 38.5 Å². The summed E-state index contributed by atoms with van der Waals surface area (Å²) >= 11 is 0. The third-order valence-electron chi connectivity index (χ3n) is 3.40. The van der Waals surface area contributed by atoms with Gasteiger partial charge in [-0.05, 0) is 42.0 Å². The zero-order valence-corrected chi connectivity index (χ0v) is 14.2. The second-order valence-electron chi connectivity index (χ2n) is 5.14. The van der Waals surface area contributed by atoms with Gasteiger partial charge in [-0.25, -0.2) is 9.18 Å². The molecule has 26 heavy (non-hydrogen) atoms. The number of ether oxygens (including phenoxy) is 3. The van der Waals surface area contributed by atoms with E-state index < -0.39 is 18.4 Å². The van der Waals surface area contributed by atoms with Crippen LogP contribution in [0.5, 0.6) is 17.2 Å². The van der Waals surface area contributed by atoms with Gasteiger partial charge in [-0.2, -0.15) is 0 Å². The first-order valence-electron chi connectivity index (χ1n) is 7.53. The molecule has 2 rings (SSSR count). The topological polar surface area (TPSA) is 82.1 Å². The van der Waals surface area contributed by atoms with E-state index in [0.717, 1.165) is 6.07 Å². The Balaban J connectivity index is 2.15. The monoisotopic (exact) mass is 360 g/mol. The molecule has 0 amide bonds. The van der Waals surface area contributed by atoms with Crippen molar-refractivity contribution in [1.29, 1.82) is 0 Å². The van der Waals surface area contributed by atoms with Gasteiger partial charge < -0.3 is 19.3 Å². The van der Waals surface area contributed by atoms with Crippen molar-refractivity contribution >= 4 is 17.8 Å². The van der Waals surface area contributed by atoms with Crippen molar-refractivity contribution in [2.45, 2.75) is 0 Å². The molecule has 0 aliphatic heterocycles. The first-order valence-corrected chi connectivity index (χ1v) is 7.53. The average Bonchev–Trinajstić information content (AvgIpc) is 2.64. The number of allylic oxidation sites excluding steroid dienone is 1. The van der Waals surface area contributed by atoms with Gasteiger partial charge in [0.05, 0.1) is 14.2 Å². The lowest BCUT2D eigenvalue weighted by Gasteiger charge is -2.09. The standard InChI is InChI=1S/C19H17FO6/c1-24-16-8-5-13(10-14(16)20)15(21)6-3-12-4-7-17(18(9-12)25-2)26-11-19(22)23/h3-10H,11H2,1-2H3,(H,22,23). The lowest BCUT2D eigenvalue weighted by Crippen LogP contribution is -2.10. The molecule has 0 aromatic heterocycles. The maximum atomic E-state index is 13.7. The minimum Gasteiger partial charge on any atom is -0.494 e. The number of halogens is 1. The van der Waals surface area contributed by atoms with Crippen molar-refractivity contribution in [1.82, 2.24) is 0 Å². The predicted molar refractivity (Wildman–Crippen MR) is 92.4 cm³/mol. The Morgan fingerprint density at radius 2 is 1.73 bits per heavy atom. The summed E-state index contributed by atoms with van der Waals surface area (Å²) in [6, 6.07) is 8.73. The molecule has 1 N–H and O–H groups in total. The minimum absolute atomic E-state index is 0.0622. The molecular weight excluding hydrogens is 343 g/mol. The van der Waals surface area contributed by atoms with E-state index >= 15 is 0 Å². The van der Waals surface area contributed by atoms with Crippen molar-refractivity contribution in [2.24, 2.45) is 0 Å². The molecule has 0 atom stereocenters. The molecule has 0 heterocycles. The van der Waals surface area contributed by atoms with Gasteiger partial charge in [-0.3, -0.25) is 4.79 Å². The molecule has 7 heteroatoms. The normalized spacial score (nSPS) is 10.6. The van der Waals surface area contributed by atoms with Crippen LogP contribution in [0.2, 0.25) is 0 Å². The van der Waals surface area contributed by atoms with Crippen LogP contribution < -0.4 is 14.2 Å². The van der Waals surface area contributed by atoms with Gasteiger partial charge in [-0.15, -0.1) is 0 Å². The fourth-order valence-corrected chi connectivity index (χ4v) is 2.13. The highest BCUT2D eigenvalue weighted by molar-refractivity contribution is 6.06. The predicted octanol–water partition coefficient (Wildman–Crippen LogP) is 3.20. The molecule has 0 radical (unpaired) electrons. The number of hydrogen-bond donors (Lipinski definition) is 1. The van der Waals surface area contributed by atoms with E-state index in [1.807, 2.05) is 0 Å². The summed E-state index contributed by atoms with van der Waals surface area (Å²) in [7, 11) is 2.76. The third-order valence-corrected chi connectivity index (χ3v) is 3.40. The Morgan fingerprint density at radius 3 is 2.35 bits per heavy atom. The maximum absolute atomic E-state index is 13.7. The summed E-state index contributed by atoms with van der Waals surface area (Å²) < 4.78 is 28.7. The zero-order valence-electron chi connectivity index (χ0n) is 14.2. The molecule has 2 aromatic rings. The number of methoxy groups -OCH3 is 2. The second kappa shape index (κ2) is 8.66. The van der Waals surface area contributed by atoms with Crippen molar-refractivity contribution in [3.8, 4) is 17.2 Å². The highest BCUT2D eigenvalue weighted by Gasteiger charge is 2.09. The molecule has 0 saturated heterocycles. The van der Waals surface area contributed by atoms with Crippen LogP contribution in [0.25, 0.3) is 6.08 Å². The zero-order chi connectivity index (χ0) is 19.1. The first kappa shape index (κ1) is 19.0. The Morgan fingerprint density at radius 1 is 1.04 bits per heavy atom. The van der Waals surface area contributed by atoms with E-state index in [9.17, 15) is 14.0 Å². The molecule has 0 aliphatic carbocycles. The highest BCUT2D eigenvalue weighted by Crippen LogP contribution is 2.28. The fourth-order valence-electron chi connectivity index (χ4n) is 2.13. The van der Waals surface area contributed by atoms with E-state index in [1.54, 1.807) is 18.2 Å². The molecular formula is C19H17FO6. The van der Waals surface area contributed by atoms with Gasteiger partial charge in [-0.1, -0.05) is 12.1 Å². The lowest BCUT2D eigenvalue weighted by atomic mass is 10.1. The van der Waals surface area contributed by atoms with Gasteiger partial charge >= 0.3 is 5.97 Å². The van der Waals surface area contributed by atoms with E-state index in [2.05, 4.69) is 0 Å². The fraction of sp³-hybridized carbons (Fsp3) is 0.158. The summed E-state index contributed by atoms with van der Waals surface area (Å²) in [5, 5.41) is 8.65. The van der Waals surface area contributed by atoms with Crippen molar-refractivity contribution in [3.63, 3.8) is 0 Å². The third kappa shape index (κ3) is 4.83. The number of benzene rings is 2. The van der Waals surface area contributed by atoms with Crippen LogP contribution in [-0.2, 0) is 4.79 Å². The summed E-state index contributed by atoms with van der Waals surface area (Å²) in [6.45, 7) is -0.493. The van der Waals surface area contributed by atoms with Crippen LogP contribution in [0, 0.1) is 5.82 Å². The molecule has 0 bridgehead atoms. The molecule has 2 aromatic carbocycles. The maximum Gasteiger partial charge on any atom is 0.341 e. The SMILES string of the molecule is COc1ccc(C(=O)C=Cc2ccc(OCC(=O)O)c(OC)c2)cc1F. The Bertz CT molecular complexity index is 844. The Kier molecular flexibility index (Phi) is 6.32. The largest absolute Gasteiger partial charge is 0.494 e. The number of carboxylic acid groups (broad SMARTS) is 1. The highest BCUT2D eigenvalue weighted by atomic mass is 19.1. The van der Waals surface area contributed by atoms with Crippen molar-refractivity contribution in [2.75, 3.05) is 20.8 Å².